The maximum atomic E-state index is 5.45. The molecule has 0 saturated carbocycles. The quantitative estimate of drug-likeness (QED) is 0.698. The van der Waals surface area contributed by atoms with Crippen molar-refractivity contribution in [2.45, 2.75) is 39.3 Å². The second-order valence-corrected chi connectivity index (χ2v) is 5.75. The average molecular weight is 310 g/mol. The van der Waals surface area contributed by atoms with Crippen molar-refractivity contribution in [2.75, 3.05) is 7.11 Å². The maximum Gasteiger partial charge on any atom is 0.163 e. The molecule has 23 heavy (non-hydrogen) atoms. The number of aromatic nitrogens is 4. The van der Waals surface area contributed by atoms with Crippen LogP contribution >= 0.6 is 0 Å². The van der Waals surface area contributed by atoms with Crippen LogP contribution in [0.2, 0.25) is 0 Å². The average Bonchev–Trinajstić information content (AvgIpc) is 3.00. The Hall–Kier alpha value is -2.27. The first-order chi connectivity index (χ1) is 11.2. The molecule has 5 nitrogen and oxygen atoms in total. The highest BCUT2D eigenvalue weighted by Gasteiger charge is 2.13. The summed E-state index contributed by atoms with van der Waals surface area (Å²) in [5.74, 6) is 0. The second kappa shape index (κ2) is 6.87. The van der Waals surface area contributed by atoms with Crippen molar-refractivity contribution in [2.24, 2.45) is 0 Å². The minimum atomic E-state index is 0.269. The lowest BCUT2D eigenvalue weighted by molar-refractivity contribution is 0.0885. The lowest BCUT2D eigenvalue weighted by Gasteiger charge is -2.13. The molecule has 120 valence electrons. The summed E-state index contributed by atoms with van der Waals surface area (Å²) >= 11 is 0. The highest BCUT2D eigenvalue weighted by Crippen LogP contribution is 2.24. The van der Waals surface area contributed by atoms with Crippen molar-refractivity contribution < 1.29 is 4.74 Å². The molecule has 3 aromatic rings. The normalized spacial score (nSPS) is 12.7. The van der Waals surface area contributed by atoms with Crippen LogP contribution in [0.5, 0.6) is 0 Å². The second-order valence-electron chi connectivity index (χ2n) is 5.75. The number of hydrogen-bond donors (Lipinski definition) is 0. The summed E-state index contributed by atoms with van der Waals surface area (Å²) in [6.07, 6.45) is 5.68. The molecule has 2 aromatic heterocycles. The van der Waals surface area contributed by atoms with Crippen molar-refractivity contribution in [3.63, 3.8) is 0 Å². The van der Waals surface area contributed by atoms with Crippen LogP contribution in [0.3, 0.4) is 0 Å². The van der Waals surface area contributed by atoms with Crippen molar-refractivity contribution >= 4 is 11.2 Å². The fraction of sp³-hybridized carbons (Fsp3) is 0.389. The van der Waals surface area contributed by atoms with E-state index in [1.165, 1.54) is 5.56 Å². The van der Waals surface area contributed by atoms with Crippen LogP contribution in [-0.2, 0) is 11.3 Å². The van der Waals surface area contributed by atoms with E-state index in [-0.39, 0.29) is 6.10 Å². The lowest BCUT2D eigenvalue weighted by Crippen LogP contribution is -2.12. The van der Waals surface area contributed by atoms with Gasteiger partial charge in [-0.15, -0.1) is 0 Å². The van der Waals surface area contributed by atoms with E-state index in [0.717, 1.165) is 41.8 Å². The van der Waals surface area contributed by atoms with E-state index in [0.29, 0.717) is 0 Å². The molecule has 2 heterocycles. The first-order valence-corrected chi connectivity index (χ1v) is 7.98. The third kappa shape index (κ3) is 3.24. The van der Waals surface area contributed by atoms with Gasteiger partial charge < -0.3 is 9.30 Å². The topological polar surface area (TPSA) is 52.8 Å². The number of ether oxygens (including phenoxy) is 1. The Bertz CT molecular complexity index is 775. The van der Waals surface area contributed by atoms with Crippen LogP contribution in [0.1, 0.15) is 25.3 Å². The van der Waals surface area contributed by atoms with Gasteiger partial charge in [0.05, 0.1) is 12.4 Å². The summed E-state index contributed by atoms with van der Waals surface area (Å²) in [6, 6.07) is 8.33. The molecule has 3 rings (SSSR count). The van der Waals surface area contributed by atoms with Gasteiger partial charge >= 0.3 is 0 Å². The van der Waals surface area contributed by atoms with Crippen LogP contribution in [0.15, 0.2) is 36.9 Å². The number of rotatable bonds is 6. The van der Waals surface area contributed by atoms with E-state index >= 15 is 0 Å². The summed E-state index contributed by atoms with van der Waals surface area (Å²) in [6.45, 7) is 5.05. The number of benzene rings is 1. The number of methoxy groups -OCH3 is 1. The standard InChI is InChI=1S/C18H22N4O/c1-4-15(23-3)9-10-22-12-21-17-16(19-11-20-18(17)22)14-7-5-13(2)6-8-14/h5-8,11-12,15H,4,9-10H2,1-3H3. The Balaban J connectivity index is 1.92. The van der Waals surface area contributed by atoms with E-state index in [1.807, 2.05) is 6.33 Å². The van der Waals surface area contributed by atoms with E-state index in [1.54, 1.807) is 13.4 Å². The SMILES string of the molecule is CCC(CCn1cnc2c(-c3ccc(C)cc3)ncnc21)OC. The fourth-order valence-corrected chi connectivity index (χ4v) is 2.74. The van der Waals surface area contributed by atoms with Crippen molar-refractivity contribution in [1.29, 1.82) is 0 Å². The number of aryl methyl sites for hydroxylation is 2. The zero-order valence-corrected chi connectivity index (χ0v) is 13.9. The van der Waals surface area contributed by atoms with E-state index in [4.69, 9.17) is 4.74 Å². The molecule has 1 aromatic carbocycles. The summed E-state index contributed by atoms with van der Waals surface area (Å²) < 4.78 is 7.53. The summed E-state index contributed by atoms with van der Waals surface area (Å²) in [7, 11) is 1.76. The van der Waals surface area contributed by atoms with Gasteiger partial charge in [0.15, 0.2) is 5.65 Å². The molecule has 0 N–H and O–H groups in total. The smallest absolute Gasteiger partial charge is 0.163 e. The van der Waals surface area contributed by atoms with Gasteiger partial charge in [0.2, 0.25) is 0 Å². The van der Waals surface area contributed by atoms with Gasteiger partial charge in [-0.1, -0.05) is 36.8 Å². The molecule has 0 saturated heterocycles. The van der Waals surface area contributed by atoms with Gasteiger partial charge in [-0.25, -0.2) is 15.0 Å². The predicted molar refractivity (Wildman–Crippen MR) is 91.2 cm³/mol. The first kappa shape index (κ1) is 15.6. The molecule has 5 heteroatoms. The van der Waals surface area contributed by atoms with Crippen LogP contribution in [0.4, 0.5) is 0 Å². The molecule has 0 aliphatic carbocycles. The Labute approximate surface area is 136 Å². The summed E-state index contributed by atoms with van der Waals surface area (Å²) in [4.78, 5) is 13.4. The van der Waals surface area contributed by atoms with Crippen LogP contribution in [0.25, 0.3) is 22.4 Å². The van der Waals surface area contributed by atoms with Gasteiger partial charge in [0, 0.05) is 19.2 Å². The van der Waals surface area contributed by atoms with Gasteiger partial charge in [-0.2, -0.15) is 0 Å². The Morgan fingerprint density at radius 1 is 1.13 bits per heavy atom. The molecule has 0 aliphatic rings. The number of hydrogen-bond acceptors (Lipinski definition) is 4. The third-order valence-electron chi connectivity index (χ3n) is 4.21. The fourth-order valence-electron chi connectivity index (χ4n) is 2.74. The van der Waals surface area contributed by atoms with Gasteiger partial charge in [-0.05, 0) is 19.8 Å². The van der Waals surface area contributed by atoms with Crippen LogP contribution in [0, 0.1) is 6.92 Å². The summed E-state index contributed by atoms with van der Waals surface area (Å²) in [5.41, 5.74) is 4.90. The third-order valence-corrected chi connectivity index (χ3v) is 4.21. The van der Waals surface area contributed by atoms with Gasteiger partial charge in [0.25, 0.3) is 0 Å². The molecular formula is C18H22N4O. The molecule has 1 atom stereocenters. The zero-order chi connectivity index (χ0) is 16.2. The molecule has 0 bridgehead atoms. The predicted octanol–water partition coefficient (Wildman–Crippen LogP) is 3.62. The maximum absolute atomic E-state index is 5.45. The molecule has 0 spiro atoms. The monoisotopic (exact) mass is 310 g/mol. The Morgan fingerprint density at radius 2 is 1.91 bits per heavy atom. The van der Waals surface area contributed by atoms with Crippen molar-refractivity contribution in [3.8, 4) is 11.3 Å². The highest BCUT2D eigenvalue weighted by molar-refractivity contribution is 5.87. The Kier molecular flexibility index (Phi) is 4.67. The molecule has 0 fully saturated rings. The highest BCUT2D eigenvalue weighted by atomic mass is 16.5. The van der Waals surface area contributed by atoms with E-state index in [2.05, 4.69) is 57.6 Å². The molecule has 0 aliphatic heterocycles. The molecule has 0 amide bonds. The minimum absolute atomic E-state index is 0.269. The molecule has 1 unspecified atom stereocenters. The lowest BCUT2D eigenvalue weighted by atomic mass is 10.1. The van der Waals surface area contributed by atoms with Gasteiger partial charge in [-0.3, -0.25) is 0 Å². The number of fused-ring (bicyclic) bond motifs is 1. The van der Waals surface area contributed by atoms with Crippen LogP contribution < -0.4 is 0 Å². The van der Waals surface area contributed by atoms with Crippen LogP contribution in [-0.4, -0.2) is 32.7 Å². The van der Waals surface area contributed by atoms with E-state index < -0.39 is 0 Å². The molecular weight excluding hydrogens is 288 g/mol. The molecule has 0 radical (unpaired) electrons. The Morgan fingerprint density at radius 3 is 2.61 bits per heavy atom. The number of imidazole rings is 1. The number of nitrogens with zero attached hydrogens (tertiary/aromatic N) is 4. The summed E-state index contributed by atoms with van der Waals surface area (Å²) in [5, 5.41) is 0. The van der Waals surface area contributed by atoms with Crippen molar-refractivity contribution in [3.05, 3.63) is 42.5 Å². The first-order valence-electron chi connectivity index (χ1n) is 7.98. The largest absolute Gasteiger partial charge is 0.381 e. The van der Waals surface area contributed by atoms with E-state index in [9.17, 15) is 0 Å². The minimum Gasteiger partial charge on any atom is -0.381 e. The van der Waals surface area contributed by atoms with Gasteiger partial charge in [0.1, 0.15) is 17.5 Å². The zero-order valence-electron chi connectivity index (χ0n) is 13.9. The van der Waals surface area contributed by atoms with Crippen molar-refractivity contribution in [1.82, 2.24) is 19.5 Å².